The maximum atomic E-state index is 14.0. The Balaban J connectivity index is 2.11. The number of carbonyl (C=O) groups excluding carboxylic acids is 1. The Kier molecular flexibility index (Phi) is 7.16. The third-order valence-corrected chi connectivity index (χ3v) is 4.47. The van der Waals surface area contributed by atoms with Gasteiger partial charge in [-0.05, 0) is 36.6 Å². The molecule has 0 bridgehead atoms. The van der Waals surface area contributed by atoms with Crippen LogP contribution in [0, 0.1) is 5.82 Å². The molecule has 0 aromatic heterocycles. The Morgan fingerprint density at radius 3 is 2.54 bits per heavy atom. The van der Waals surface area contributed by atoms with Crippen LogP contribution in [0.25, 0.3) is 0 Å². The van der Waals surface area contributed by atoms with Crippen molar-refractivity contribution in [1.82, 2.24) is 4.90 Å². The van der Waals surface area contributed by atoms with Crippen LogP contribution in [0.3, 0.4) is 0 Å². The van der Waals surface area contributed by atoms with E-state index in [4.69, 9.17) is 11.6 Å². The summed E-state index contributed by atoms with van der Waals surface area (Å²) in [6, 6.07) is 11.1. The molecule has 0 saturated carbocycles. The minimum Gasteiger partial charge on any atom is -0.478 e. The van der Waals surface area contributed by atoms with E-state index in [9.17, 15) is 19.1 Å². The molecule has 26 heavy (non-hydrogen) atoms. The molecule has 4 nitrogen and oxygen atoms in total. The monoisotopic (exact) mass is 377 g/mol. The van der Waals surface area contributed by atoms with Gasteiger partial charge in [0.1, 0.15) is 5.82 Å². The molecule has 0 atom stereocenters. The molecular weight excluding hydrogens is 357 g/mol. The molecule has 2 aromatic carbocycles. The number of hydrogen-bond acceptors (Lipinski definition) is 2. The molecule has 0 radical (unpaired) electrons. The summed E-state index contributed by atoms with van der Waals surface area (Å²) in [5.41, 5.74) is 1.09. The van der Waals surface area contributed by atoms with Crippen molar-refractivity contribution in [2.24, 2.45) is 0 Å². The summed E-state index contributed by atoms with van der Waals surface area (Å²) in [7, 11) is 0. The third-order valence-electron chi connectivity index (χ3n) is 4.11. The molecule has 0 aliphatic heterocycles. The average molecular weight is 378 g/mol. The first-order valence-electron chi connectivity index (χ1n) is 8.46. The van der Waals surface area contributed by atoms with Crippen molar-refractivity contribution in [3.63, 3.8) is 0 Å². The smallest absolute Gasteiger partial charge is 0.335 e. The highest BCUT2D eigenvalue weighted by Crippen LogP contribution is 2.21. The fraction of sp³-hybridized carbons (Fsp3) is 0.300. The van der Waals surface area contributed by atoms with Gasteiger partial charge < -0.3 is 10.0 Å². The highest BCUT2D eigenvalue weighted by molar-refractivity contribution is 6.31. The van der Waals surface area contributed by atoms with Gasteiger partial charge in [0.15, 0.2) is 0 Å². The number of nitrogens with zero attached hydrogens (tertiary/aromatic N) is 1. The molecule has 138 valence electrons. The summed E-state index contributed by atoms with van der Waals surface area (Å²) in [5, 5.41) is 9.52. The number of carboxylic acid groups (broad SMARTS) is 1. The molecule has 1 amide bonds. The van der Waals surface area contributed by atoms with Crippen molar-refractivity contribution in [2.45, 2.75) is 32.7 Å². The van der Waals surface area contributed by atoms with Gasteiger partial charge in [0, 0.05) is 30.1 Å². The lowest BCUT2D eigenvalue weighted by Gasteiger charge is -2.23. The van der Waals surface area contributed by atoms with Crippen LogP contribution in [0.1, 0.15) is 41.3 Å². The van der Waals surface area contributed by atoms with Gasteiger partial charge in [-0.3, -0.25) is 4.79 Å². The molecule has 0 spiro atoms. The van der Waals surface area contributed by atoms with Crippen LogP contribution in [-0.4, -0.2) is 28.4 Å². The topological polar surface area (TPSA) is 57.6 Å². The van der Waals surface area contributed by atoms with E-state index in [0.717, 1.165) is 6.42 Å². The molecule has 2 aromatic rings. The van der Waals surface area contributed by atoms with E-state index in [1.165, 1.54) is 18.2 Å². The number of halogens is 2. The molecular formula is C20H21ClFNO3. The largest absolute Gasteiger partial charge is 0.478 e. The van der Waals surface area contributed by atoms with Crippen LogP contribution < -0.4 is 0 Å². The van der Waals surface area contributed by atoms with Crippen LogP contribution in [0.2, 0.25) is 5.02 Å². The fourth-order valence-corrected chi connectivity index (χ4v) is 3.01. The molecule has 0 aliphatic carbocycles. The average Bonchev–Trinajstić information content (AvgIpc) is 2.62. The van der Waals surface area contributed by atoms with Crippen molar-refractivity contribution >= 4 is 23.5 Å². The minimum absolute atomic E-state index is 0.0960. The summed E-state index contributed by atoms with van der Waals surface area (Å²) in [6.45, 7) is 2.51. The number of aryl methyl sites for hydroxylation is 1. The van der Waals surface area contributed by atoms with E-state index in [2.05, 4.69) is 0 Å². The van der Waals surface area contributed by atoms with Crippen molar-refractivity contribution in [3.8, 4) is 0 Å². The standard InChI is InChI=1S/C20H21ClFNO3/c1-2-12-23(13-16-17(21)8-5-9-18(16)22)19(24)11-10-14-6-3-4-7-15(14)20(25)26/h3-9H,2,10-13H2,1H3,(H,25,26). The van der Waals surface area contributed by atoms with Crippen molar-refractivity contribution in [3.05, 3.63) is 70.0 Å². The molecule has 2 rings (SSSR count). The zero-order valence-corrected chi connectivity index (χ0v) is 15.3. The Hall–Kier alpha value is -2.40. The minimum atomic E-state index is -1.02. The van der Waals surface area contributed by atoms with E-state index >= 15 is 0 Å². The van der Waals surface area contributed by atoms with Gasteiger partial charge in [-0.1, -0.05) is 42.8 Å². The highest BCUT2D eigenvalue weighted by Gasteiger charge is 2.18. The lowest BCUT2D eigenvalue weighted by molar-refractivity contribution is -0.131. The molecule has 6 heteroatoms. The summed E-state index contributed by atoms with van der Waals surface area (Å²) >= 11 is 6.06. The van der Waals surface area contributed by atoms with Crippen LogP contribution in [0.5, 0.6) is 0 Å². The number of carbonyl (C=O) groups is 2. The second-order valence-corrected chi connectivity index (χ2v) is 6.39. The van der Waals surface area contributed by atoms with E-state index in [0.29, 0.717) is 24.1 Å². The first kappa shape index (κ1) is 19.9. The van der Waals surface area contributed by atoms with Gasteiger partial charge >= 0.3 is 5.97 Å². The lowest BCUT2D eigenvalue weighted by atomic mass is 10.0. The fourth-order valence-electron chi connectivity index (χ4n) is 2.78. The first-order valence-corrected chi connectivity index (χ1v) is 8.83. The van der Waals surface area contributed by atoms with E-state index in [-0.39, 0.29) is 29.5 Å². The van der Waals surface area contributed by atoms with Crippen LogP contribution in [0.4, 0.5) is 4.39 Å². The maximum absolute atomic E-state index is 14.0. The zero-order chi connectivity index (χ0) is 19.1. The van der Waals surface area contributed by atoms with Crippen molar-refractivity contribution in [1.29, 1.82) is 0 Å². The summed E-state index contributed by atoms with van der Waals surface area (Å²) in [5.74, 6) is -1.62. The lowest BCUT2D eigenvalue weighted by Crippen LogP contribution is -2.32. The Labute approximate surface area is 157 Å². The van der Waals surface area contributed by atoms with Crippen LogP contribution in [-0.2, 0) is 17.8 Å². The zero-order valence-electron chi connectivity index (χ0n) is 14.5. The van der Waals surface area contributed by atoms with Gasteiger partial charge in [-0.25, -0.2) is 9.18 Å². The van der Waals surface area contributed by atoms with Gasteiger partial charge in [-0.2, -0.15) is 0 Å². The Morgan fingerprint density at radius 2 is 1.88 bits per heavy atom. The normalized spacial score (nSPS) is 10.6. The van der Waals surface area contributed by atoms with Crippen LogP contribution in [0.15, 0.2) is 42.5 Å². The molecule has 1 N–H and O–H groups in total. The molecule has 0 aliphatic rings. The first-order chi connectivity index (χ1) is 12.4. The van der Waals surface area contributed by atoms with Crippen molar-refractivity contribution < 1.29 is 19.1 Å². The molecule has 0 heterocycles. The van der Waals surface area contributed by atoms with Gasteiger partial charge in [0.05, 0.1) is 5.56 Å². The Morgan fingerprint density at radius 1 is 1.15 bits per heavy atom. The summed E-state index contributed by atoms with van der Waals surface area (Å²) < 4.78 is 14.0. The Bertz CT molecular complexity index is 774. The van der Waals surface area contributed by atoms with Crippen molar-refractivity contribution in [2.75, 3.05) is 6.54 Å². The SMILES string of the molecule is CCCN(Cc1c(F)cccc1Cl)C(=O)CCc1ccccc1C(=O)O. The highest BCUT2D eigenvalue weighted by atomic mass is 35.5. The van der Waals surface area contributed by atoms with Gasteiger partial charge in [0.25, 0.3) is 0 Å². The number of rotatable bonds is 8. The van der Waals surface area contributed by atoms with E-state index < -0.39 is 11.8 Å². The molecule has 0 saturated heterocycles. The number of carboxylic acids is 1. The maximum Gasteiger partial charge on any atom is 0.335 e. The summed E-state index contributed by atoms with van der Waals surface area (Å²) in [6.07, 6.45) is 1.19. The van der Waals surface area contributed by atoms with Crippen LogP contribution >= 0.6 is 11.6 Å². The number of hydrogen-bond donors (Lipinski definition) is 1. The predicted molar refractivity (Wildman–Crippen MR) is 98.8 cm³/mol. The number of benzene rings is 2. The second-order valence-electron chi connectivity index (χ2n) is 5.98. The summed E-state index contributed by atoms with van der Waals surface area (Å²) in [4.78, 5) is 25.5. The molecule has 0 unspecified atom stereocenters. The van der Waals surface area contributed by atoms with E-state index in [1.807, 2.05) is 6.92 Å². The second kappa shape index (κ2) is 9.34. The predicted octanol–water partition coefficient (Wildman–Crippen LogP) is 4.55. The molecule has 0 fully saturated rings. The number of aromatic carboxylic acids is 1. The number of amides is 1. The van der Waals surface area contributed by atoms with Gasteiger partial charge in [0.2, 0.25) is 5.91 Å². The van der Waals surface area contributed by atoms with Gasteiger partial charge in [-0.15, -0.1) is 0 Å². The third kappa shape index (κ3) is 5.05. The van der Waals surface area contributed by atoms with E-state index in [1.54, 1.807) is 29.2 Å². The quantitative estimate of drug-likeness (QED) is 0.734.